The first-order chi connectivity index (χ1) is 9.52. The van der Waals surface area contributed by atoms with Gasteiger partial charge in [0.2, 0.25) is 5.89 Å². The zero-order chi connectivity index (χ0) is 14.2. The maximum atomic E-state index is 5.97. The predicted molar refractivity (Wildman–Crippen MR) is 90.5 cm³/mol. The minimum atomic E-state index is -0.537. The molecule has 0 atom stereocenters. The lowest BCUT2D eigenvalue weighted by molar-refractivity contribution is 0.0545. The Morgan fingerprint density at radius 2 is 1.82 bits per heavy atom. The molecule has 1 saturated carbocycles. The number of aromatic nitrogens is 2. The van der Waals surface area contributed by atoms with Gasteiger partial charge in [-0.25, -0.2) is 0 Å². The second kappa shape index (κ2) is 7.93. The van der Waals surface area contributed by atoms with E-state index in [1.54, 1.807) is 0 Å². The highest BCUT2D eigenvalue weighted by atomic mass is 35.5. The minimum absolute atomic E-state index is 0. The number of nitrogens with two attached hydrogens (primary N) is 1. The summed E-state index contributed by atoms with van der Waals surface area (Å²) in [6.07, 6.45) is 4.18. The molecule has 0 aromatic carbocycles. The summed E-state index contributed by atoms with van der Waals surface area (Å²) < 4.78 is 5.30. The van der Waals surface area contributed by atoms with Gasteiger partial charge in [0.25, 0.3) is 0 Å². The zero-order valence-corrected chi connectivity index (χ0v) is 15.0. The topological polar surface area (TPSA) is 71.4 Å². The lowest BCUT2D eigenvalue weighted by atomic mass is 9.91. The van der Waals surface area contributed by atoms with Crippen LogP contribution in [0.3, 0.4) is 0 Å². The zero-order valence-electron chi connectivity index (χ0n) is 13.3. The van der Waals surface area contributed by atoms with Gasteiger partial charge in [-0.1, -0.05) is 11.6 Å². The Morgan fingerprint density at radius 1 is 1.18 bits per heavy atom. The van der Waals surface area contributed by atoms with Crippen molar-refractivity contribution in [2.24, 2.45) is 5.73 Å². The number of rotatable bonds is 4. The quantitative estimate of drug-likeness (QED) is 0.891. The number of halogens is 2. The van der Waals surface area contributed by atoms with Crippen LogP contribution in [0.5, 0.6) is 0 Å². The molecule has 22 heavy (non-hydrogen) atoms. The molecular weight excluding hydrogens is 325 g/mol. The van der Waals surface area contributed by atoms with E-state index in [1.807, 2.05) is 13.8 Å². The molecule has 0 radical (unpaired) electrons. The molecule has 0 amide bonds. The van der Waals surface area contributed by atoms with E-state index in [0.717, 1.165) is 38.8 Å². The molecule has 1 aliphatic carbocycles. The van der Waals surface area contributed by atoms with E-state index in [0.29, 0.717) is 11.7 Å². The monoisotopic (exact) mass is 351 g/mol. The fraction of sp³-hybridized carbons (Fsp3) is 0.857. The molecule has 6 nitrogen and oxygen atoms in total. The number of nitrogens with zero attached hydrogens (tertiary/aromatic N) is 4. The second-order valence-electron chi connectivity index (χ2n) is 6.63. The SMILES string of the molecule is CC(C)(N)c1noc(CN2CCN(C3CCC3)CC2)n1.Cl.Cl. The van der Waals surface area contributed by atoms with Crippen molar-refractivity contribution >= 4 is 24.8 Å². The summed E-state index contributed by atoms with van der Waals surface area (Å²) in [6, 6.07) is 0.852. The maximum Gasteiger partial charge on any atom is 0.240 e. The van der Waals surface area contributed by atoms with Crippen molar-refractivity contribution in [3.63, 3.8) is 0 Å². The summed E-state index contributed by atoms with van der Waals surface area (Å²) >= 11 is 0. The summed E-state index contributed by atoms with van der Waals surface area (Å²) in [7, 11) is 0. The van der Waals surface area contributed by atoms with Crippen molar-refractivity contribution in [3.05, 3.63) is 11.7 Å². The fourth-order valence-corrected chi connectivity index (χ4v) is 2.81. The van der Waals surface area contributed by atoms with Crippen LogP contribution in [-0.2, 0) is 12.1 Å². The largest absolute Gasteiger partial charge is 0.338 e. The fourth-order valence-electron chi connectivity index (χ4n) is 2.81. The first kappa shape index (κ1) is 19.6. The Hall–Kier alpha value is -0.400. The third kappa shape index (κ3) is 4.55. The van der Waals surface area contributed by atoms with Crippen molar-refractivity contribution in [1.29, 1.82) is 0 Å². The minimum Gasteiger partial charge on any atom is -0.338 e. The maximum absolute atomic E-state index is 5.97. The highest BCUT2D eigenvalue weighted by molar-refractivity contribution is 5.85. The van der Waals surface area contributed by atoms with Gasteiger partial charge in [-0.15, -0.1) is 24.8 Å². The van der Waals surface area contributed by atoms with Gasteiger partial charge in [0.05, 0.1) is 12.1 Å². The van der Waals surface area contributed by atoms with Gasteiger partial charge < -0.3 is 10.3 Å². The molecule has 0 spiro atoms. The van der Waals surface area contributed by atoms with Gasteiger partial charge in [0.1, 0.15) is 0 Å². The van der Waals surface area contributed by atoms with Crippen molar-refractivity contribution in [2.75, 3.05) is 26.2 Å². The molecule has 0 unspecified atom stereocenters. The van der Waals surface area contributed by atoms with E-state index < -0.39 is 5.54 Å². The molecule has 1 aromatic heterocycles. The highest BCUT2D eigenvalue weighted by Crippen LogP contribution is 2.25. The molecule has 1 saturated heterocycles. The van der Waals surface area contributed by atoms with E-state index in [1.165, 1.54) is 19.3 Å². The molecule has 2 heterocycles. The van der Waals surface area contributed by atoms with Gasteiger partial charge >= 0.3 is 0 Å². The smallest absolute Gasteiger partial charge is 0.240 e. The Bertz CT molecular complexity index is 450. The molecule has 3 rings (SSSR count). The Kier molecular flexibility index (Phi) is 7.08. The third-order valence-corrected chi connectivity index (χ3v) is 4.40. The molecule has 1 aliphatic heterocycles. The van der Waals surface area contributed by atoms with Crippen molar-refractivity contribution < 1.29 is 4.52 Å². The summed E-state index contributed by atoms with van der Waals surface area (Å²) in [6.45, 7) is 9.00. The summed E-state index contributed by atoms with van der Waals surface area (Å²) in [5.41, 5.74) is 5.43. The number of piperazine rings is 1. The third-order valence-electron chi connectivity index (χ3n) is 4.40. The lowest BCUT2D eigenvalue weighted by Crippen LogP contribution is -2.51. The molecule has 0 bridgehead atoms. The van der Waals surface area contributed by atoms with E-state index in [9.17, 15) is 0 Å². The highest BCUT2D eigenvalue weighted by Gasteiger charge is 2.28. The second-order valence-corrected chi connectivity index (χ2v) is 6.63. The van der Waals surface area contributed by atoms with Crippen LogP contribution in [0.2, 0.25) is 0 Å². The summed E-state index contributed by atoms with van der Waals surface area (Å²) in [4.78, 5) is 9.41. The first-order valence-corrected chi connectivity index (χ1v) is 7.61. The van der Waals surface area contributed by atoms with Gasteiger partial charge in [-0.2, -0.15) is 4.98 Å². The summed E-state index contributed by atoms with van der Waals surface area (Å²) in [5.74, 6) is 1.26. The van der Waals surface area contributed by atoms with Crippen LogP contribution in [0.1, 0.15) is 44.8 Å². The van der Waals surface area contributed by atoms with E-state index in [-0.39, 0.29) is 24.8 Å². The van der Waals surface area contributed by atoms with E-state index in [4.69, 9.17) is 10.3 Å². The van der Waals surface area contributed by atoms with Crippen LogP contribution in [0.15, 0.2) is 4.52 Å². The Morgan fingerprint density at radius 3 is 2.27 bits per heavy atom. The van der Waals surface area contributed by atoms with Crippen LogP contribution in [-0.4, -0.2) is 52.2 Å². The van der Waals surface area contributed by atoms with E-state index in [2.05, 4.69) is 19.9 Å². The first-order valence-electron chi connectivity index (χ1n) is 7.61. The average molecular weight is 352 g/mol. The van der Waals surface area contributed by atoms with E-state index >= 15 is 0 Å². The van der Waals surface area contributed by atoms with Gasteiger partial charge in [0, 0.05) is 32.2 Å². The van der Waals surface area contributed by atoms with Crippen LogP contribution in [0.25, 0.3) is 0 Å². The van der Waals surface area contributed by atoms with Gasteiger partial charge in [0.15, 0.2) is 5.82 Å². The number of hydrogen-bond acceptors (Lipinski definition) is 6. The average Bonchev–Trinajstić information content (AvgIpc) is 2.78. The standard InChI is InChI=1S/C14H25N5O.2ClH/c1-14(2,15)13-16-12(20-17-13)10-18-6-8-19(9-7-18)11-4-3-5-11;;/h11H,3-10,15H2,1-2H3;2*1H. The molecular formula is C14H27Cl2N5O. The van der Waals surface area contributed by atoms with Crippen molar-refractivity contribution in [1.82, 2.24) is 19.9 Å². The lowest BCUT2D eigenvalue weighted by Gasteiger charge is -2.42. The van der Waals surface area contributed by atoms with Gasteiger partial charge in [-0.3, -0.25) is 9.80 Å². The molecule has 2 fully saturated rings. The van der Waals surface area contributed by atoms with Gasteiger partial charge in [-0.05, 0) is 26.7 Å². The van der Waals surface area contributed by atoms with Crippen molar-refractivity contribution in [3.8, 4) is 0 Å². The van der Waals surface area contributed by atoms with Crippen LogP contribution in [0, 0.1) is 0 Å². The number of hydrogen-bond donors (Lipinski definition) is 1. The van der Waals surface area contributed by atoms with Crippen molar-refractivity contribution in [2.45, 2.75) is 51.2 Å². The molecule has 128 valence electrons. The molecule has 2 aliphatic rings. The molecule has 2 N–H and O–H groups in total. The predicted octanol–water partition coefficient (Wildman–Crippen LogP) is 1.78. The summed E-state index contributed by atoms with van der Waals surface area (Å²) in [5, 5.41) is 3.97. The molecule has 1 aromatic rings. The Balaban J connectivity index is 0.00000121. The molecule has 8 heteroatoms. The normalized spacial score (nSPS) is 20.9. The Labute approximate surface area is 144 Å². The van der Waals surface area contributed by atoms with Crippen LogP contribution < -0.4 is 5.73 Å². The van der Waals surface area contributed by atoms with Crippen LogP contribution >= 0.6 is 24.8 Å². The van der Waals surface area contributed by atoms with Crippen LogP contribution in [0.4, 0.5) is 0 Å².